The predicted octanol–water partition coefficient (Wildman–Crippen LogP) is 6.48. The van der Waals surface area contributed by atoms with Gasteiger partial charge in [0.25, 0.3) is 0 Å². The Kier molecular flexibility index (Phi) is 4.63. The lowest BCUT2D eigenvalue weighted by Crippen LogP contribution is -2.46. The molecular weight excluding hydrogens is 430 g/mol. The summed E-state index contributed by atoms with van der Waals surface area (Å²) in [5, 5.41) is 4.72. The lowest BCUT2D eigenvalue weighted by molar-refractivity contribution is 0.133. The second-order valence-corrected chi connectivity index (χ2v) is 10.6. The molecule has 3 heterocycles. The molecule has 2 unspecified atom stereocenters. The van der Waals surface area contributed by atoms with Gasteiger partial charge < -0.3 is 19.8 Å². The molecular formula is C27H27N3O2S. The first-order valence-electron chi connectivity index (χ1n) is 11.3. The van der Waals surface area contributed by atoms with E-state index in [0.29, 0.717) is 6.61 Å². The summed E-state index contributed by atoms with van der Waals surface area (Å²) in [5.41, 5.74) is 6.81. The van der Waals surface area contributed by atoms with Crippen molar-refractivity contribution in [1.82, 2.24) is 9.97 Å². The smallest absolute Gasteiger partial charge is 0.171 e. The Morgan fingerprint density at radius 1 is 1.12 bits per heavy atom. The molecule has 0 saturated heterocycles. The van der Waals surface area contributed by atoms with Crippen LogP contribution in [0.3, 0.4) is 0 Å². The second kappa shape index (κ2) is 7.45. The second-order valence-electron chi connectivity index (χ2n) is 9.51. The van der Waals surface area contributed by atoms with Gasteiger partial charge in [0.1, 0.15) is 11.5 Å². The number of hydrogen-bond acceptors (Lipinski definition) is 5. The Bertz CT molecular complexity index is 1360. The van der Waals surface area contributed by atoms with E-state index >= 15 is 0 Å². The summed E-state index contributed by atoms with van der Waals surface area (Å²) >= 11 is 1.67. The fourth-order valence-corrected chi connectivity index (χ4v) is 6.12. The highest BCUT2D eigenvalue weighted by molar-refractivity contribution is 7.99. The number of H-pyrrole nitrogens is 1. The standard InChI is InChI=1S/C27H27N3O2S/c1-15-8-10-20-21(12-15)30-26(29-20)33-16-9-11-19-17(13-16)27(2,3)18-14-32-23-7-5-6-22(31-4)24(23)25(18)28-19/h5-13,18,25,28H,14H2,1-4H3,(H,29,30). The molecule has 2 N–H and O–H groups in total. The molecule has 6 rings (SSSR count). The number of aromatic amines is 1. The number of hydrogen-bond donors (Lipinski definition) is 2. The van der Waals surface area contributed by atoms with Gasteiger partial charge in [-0.25, -0.2) is 4.98 Å². The van der Waals surface area contributed by atoms with Gasteiger partial charge in [0, 0.05) is 21.9 Å². The number of imidazole rings is 1. The average Bonchev–Trinajstić information content (AvgIpc) is 3.20. The minimum absolute atomic E-state index is 0.0780. The first-order valence-corrected chi connectivity index (χ1v) is 12.1. The van der Waals surface area contributed by atoms with Crippen LogP contribution in [0.25, 0.3) is 11.0 Å². The molecule has 4 aromatic rings. The van der Waals surface area contributed by atoms with Crippen LogP contribution in [0.4, 0.5) is 5.69 Å². The monoisotopic (exact) mass is 457 g/mol. The van der Waals surface area contributed by atoms with Crippen molar-refractivity contribution in [2.24, 2.45) is 5.92 Å². The molecule has 3 aromatic carbocycles. The van der Waals surface area contributed by atoms with Gasteiger partial charge in [0.15, 0.2) is 5.16 Å². The molecule has 168 valence electrons. The van der Waals surface area contributed by atoms with Crippen molar-refractivity contribution in [3.8, 4) is 11.5 Å². The number of nitrogens with one attached hydrogen (secondary N) is 2. The van der Waals surface area contributed by atoms with Crippen LogP contribution in [-0.4, -0.2) is 23.7 Å². The normalized spacial score (nSPS) is 20.2. The fourth-order valence-electron chi connectivity index (χ4n) is 5.27. The molecule has 0 bridgehead atoms. The molecule has 2 atom stereocenters. The van der Waals surface area contributed by atoms with E-state index in [0.717, 1.165) is 33.3 Å². The number of rotatable bonds is 3. The number of aromatic nitrogens is 2. The van der Waals surface area contributed by atoms with Gasteiger partial charge in [-0.3, -0.25) is 0 Å². The van der Waals surface area contributed by atoms with E-state index in [9.17, 15) is 0 Å². The van der Waals surface area contributed by atoms with Crippen LogP contribution in [0.15, 0.2) is 64.6 Å². The lowest BCUT2D eigenvalue weighted by Gasteiger charge is -2.48. The number of methoxy groups -OCH3 is 1. The van der Waals surface area contributed by atoms with E-state index in [2.05, 4.69) is 67.5 Å². The summed E-state index contributed by atoms with van der Waals surface area (Å²) in [5.74, 6) is 2.07. The number of anilines is 1. The zero-order valence-electron chi connectivity index (χ0n) is 19.2. The van der Waals surface area contributed by atoms with E-state index in [1.54, 1.807) is 18.9 Å². The van der Waals surface area contributed by atoms with E-state index in [-0.39, 0.29) is 17.4 Å². The minimum Gasteiger partial charge on any atom is -0.496 e. The minimum atomic E-state index is -0.0780. The highest BCUT2D eigenvalue weighted by Gasteiger charge is 2.47. The van der Waals surface area contributed by atoms with Gasteiger partial charge >= 0.3 is 0 Å². The first kappa shape index (κ1) is 20.5. The van der Waals surface area contributed by atoms with Gasteiger partial charge in [-0.1, -0.05) is 37.7 Å². The van der Waals surface area contributed by atoms with Gasteiger partial charge in [-0.2, -0.15) is 0 Å². The SMILES string of the molecule is COc1cccc2c1C1Nc3ccc(Sc4nc5cc(C)ccc5[nH]4)cc3C(C)(C)C1CO2. The van der Waals surface area contributed by atoms with Crippen LogP contribution < -0.4 is 14.8 Å². The van der Waals surface area contributed by atoms with E-state index in [1.165, 1.54) is 21.7 Å². The lowest BCUT2D eigenvalue weighted by atomic mass is 9.65. The molecule has 0 saturated carbocycles. The van der Waals surface area contributed by atoms with Crippen LogP contribution in [0.5, 0.6) is 11.5 Å². The number of aryl methyl sites for hydroxylation is 1. The molecule has 2 aliphatic heterocycles. The maximum Gasteiger partial charge on any atom is 0.171 e. The molecule has 0 spiro atoms. The topological polar surface area (TPSA) is 59.2 Å². The molecule has 6 heteroatoms. The molecule has 1 aromatic heterocycles. The predicted molar refractivity (Wildman–Crippen MR) is 133 cm³/mol. The largest absolute Gasteiger partial charge is 0.496 e. The highest BCUT2D eigenvalue weighted by atomic mass is 32.2. The fraction of sp³-hybridized carbons (Fsp3) is 0.296. The van der Waals surface area contributed by atoms with Crippen molar-refractivity contribution in [1.29, 1.82) is 0 Å². The summed E-state index contributed by atoms with van der Waals surface area (Å²) in [6, 6.07) is 19.2. The molecule has 5 nitrogen and oxygen atoms in total. The molecule has 0 aliphatic carbocycles. The summed E-state index contributed by atoms with van der Waals surface area (Å²) in [7, 11) is 1.73. The van der Waals surface area contributed by atoms with E-state index in [1.807, 2.05) is 18.2 Å². The zero-order chi connectivity index (χ0) is 22.7. The van der Waals surface area contributed by atoms with Gasteiger partial charge in [0.05, 0.1) is 36.4 Å². The average molecular weight is 458 g/mol. The van der Waals surface area contributed by atoms with Crippen molar-refractivity contribution >= 4 is 28.5 Å². The van der Waals surface area contributed by atoms with Crippen LogP contribution in [-0.2, 0) is 5.41 Å². The Morgan fingerprint density at radius 3 is 2.85 bits per heavy atom. The Hall–Kier alpha value is -3.12. The Labute approximate surface area is 197 Å². The third kappa shape index (κ3) is 3.27. The summed E-state index contributed by atoms with van der Waals surface area (Å²) in [6.45, 7) is 7.42. The molecule has 2 aliphatic rings. The molecule has 0 amide bonds. The van der Waals surface area contributed by atoms with Gasteiger partial charge in [0.2, 0.25) is 0 Å². The van der Waals surface area contributed by atoms with Crippen LogP contribution in [0.1, 0.15) is 36.6 Å². The number of fused-ring (bicyclic) bond motifs is 5. The van der Waals surface area contributed by atoms with Crippen LogP contribution >= 0.6 is 11.8 Å². The van der Waals surface area contributed by atoms with Crippen LogP contribution in [0.2, 0.25) is 0 Å². The van der Waals surface area contributed by atoms with Crippen molar-refractivity contribution in [3.05, 3.63) is 71.3 Å². The summed E-state index contributed by atoms with van der Waals surface area (Å²) < 4.78 is 11.9. The molecule has 0 fully saturated rings. The van der Waals surface area contributed by atoms with Crippen molar-refractivity contribution in [3.63, 3.8) is 0 Å². The Balaban J connectivity index is 1.37. The molecule has 33 heavy (non-hydrogen) atoms. The van der Waals surface area contributed by atoms with Gasteiger partial charge in [-0.15, -0.1) is 0 Å². The number of nitrogens with zero attached hydrogens (tertiary/aromatic N) is 1. The number of benzene rings is 3. The van der Waals surface area contributed by atoms with E-state index in [4.69, 9.17) is 14.5 Å². The number of ether oxygens (including phenoxy) is 2. The van der Waals surface area contributed by atoms with Crippen molar-refractivity contribution < 1.29 is 9.47 Å². The third-order valence-electron chi connectivity index (χ3n) is 7.13. The van der Waals surface area contributed by atoms with Gasteiger partial charge in [-0.05, 0) is 60.5 Å². The van der Waals surface area contributed by atoms with E-state index < -0.39 is 0 Å². The highest BCUT2D eigenvalue weighted by Crippen LogP contribution is 2.54. The van der Waals surface area contributed by atoms with Crippen molar-refractivity contribution in [2.75, 3.05) is 19.0 Å². The first-order chi connectivity index (χ1) is 15.9. The molecule has 0 radical (unpaired) electrons. The Morgan fingerprint density at radius 2 is 2.00 bits per heavy atom. The van der Waals surface area contributed by atoms with Crippen molar-refractivity contribution in [2.45, 2.75) is 42.3 Å². The van der Waals surface area contributed by atoms with Crippen LogP contribution in [0, 0.1) is 12.8 Å². The third-order valence-corrected chi connectivity index (χ3v) is 8.01. The summed E-state index contributed by atoms with van der Waals surface area (Å²) in [6.07, 6.45) is 0. The zero-order valence-corrected chi connectivity index (χ0v) is 20.0. The summed E-state index contributed by atoms with van der Waals surface area (Å²) in [4.78, 5) is 9.40. The quantitative estimate of drug-likeness (QED) is 0.368. The maximum atomic E-state index is 6.22. The maximum absolute atomic E-state index is 6.22.